The van der Waals surface area contributed by atoms with E-state index in [-0.39, 0.29) is 0 Å². The number of nitrogens with zero attached hydrogens (tertiary/aromatic N) is 2. The lowest BCUT2D eigenvalue weighted by Gasteiger charge is -2.32. The van der Waals surface area contributed by atoms with Gasteiger partial charge >= 0.3 is 0 Å². The molecule has 0 aromatic heterocycles. The molecule has 2 aliphatic heterocycles. The highest BCUT2D eigenvalue weighted by atomic mass is 79.9. The summed E-state index contributed by atoms with van der Waals surface area (Å²) in [5.74, 6) is 0. The number of likely N-dealkylation sites (tertiary alicyclic amines) is 1. The standard InChI is InChI=1S/C16H22BrClN2/c17-11-13-10-14(18)4-5-16(13)20-9-6-15(12-20)19-7-2-1-3-8-19/h4-5,10,15H,1-3,6-9,11-12H2. The molecule has 3 rings (SSSR count). The highest BCUT2D eigenvalue weighted by Crippen LogP contribution is 2.30. The van der Waals surface area contributed by atoms with Gasteiger partial charge in [-0.25, -0.2) is 0 Å². The molecule has 2 heterocycles. The van der Waals surface area contributed by atoms with Gasteiger partial charge in [-0.15, -0.1) is 0 Å². The molecule has 4 heteroatoms. The third-order valence-corrected chi connectivity index (χ3v) is 5.44. The minimum Gasteiger partial charge on any atom is -0.370 e. The summed E-state index contributed by atoms with van der Waals surface area (Å²) in [6.45, 7) is 4.93. The van der Waals surface area contributed by atoms with Gasteiger partial charge in [-0.3, -0.25) is 4.90 Å². The van der Waals surface area contributed by atoms with Gasteiger partial charge in [0.1, 0.15) is 0 Å². The molecule has 0 spiro atoms. The maximum Gasteiger partial charge on any atom is 0.0410 e. The molecule has 0 amide bonds. The average Bonchev–Trinajstić information content (AvgIpc) is 2.97. The Hall–Kier alpha value is -0.250. The predicted octanol–water partition coefficient (Wildman–Crippen LogP) is 4.30. The number of halogens is 2. The molecule has 2 nitrogen and oxygen atoms in total. The van der Waals surface area contributed by atoms with Crippen LogP contribution in [0.3, 0.4) is 0 Å². The first-order chi connectivity index (χ1) is 9.78. The summed E-state index contributed by atoms with van der Waals surface area (Å²) in [5, 5.41) is 1.70. The molecule has 2 fully saturated rings. The second kappa shape index (κ2) is 6.67. The first kappa shape index (κ1) is 14.7. The molecule has 20 heavy (non-hydrogen) atoms. The number of alkyl halides is 1. The first-order valence-electron chi connectivity index (χ1n) is 7.61. The number of hydrogen-bond acceptors (Lipinski definition) is 2. The van der Waals surface area contributed by atoms with Crippen LogP contribution in [0.1, 0.15) is 31.2 Å². The van der Waals surface area contributed by atoms with E-state index in [1.165, 1.54) is 63.1 Å². The second-order valence-corrected chi connectivity index (χ2v) is 6.89. The Morgan fingerprint density at radius 2 is 1.95 bits per heavy atom. The van der Waals surface area contributed by atoms with Gasteiger partial charge < -0.3 is 4.90 Å². The second-order valence-electron chi connectivity index (χ2n) is 5.89. The Morgan fingerprint density at radius 1 is 1.15 bits per heavy atom. The lowest BCUT2D eigenvalue weighted by molar-refractivity contribution is 0.175. The van der Waals surface area contributed by atoms with Crippen LogP contribution in [0.25, 0.3) is 0 Å². The molecule has 0 saturated carbocycles. The van der Waals surface area contributed by atoms with E-state index >= 15 is 0 Å². The normalized spacial score (nSPS) is 24.3. The molecular weight excluding hydrogens is 336 g/mol. The number of hydrogen-bond donors (Lipinski definition) is 0. The van der Waals surface area contributed by atoms with E-state index in [0.29, 0.717) is 0 Å². The van der Waals surface area contributed by atoms with Crippen LogP contribution in [0.4, 0.5) is 5.69 Å². The van der Waals surface area contributed by atoms with Crippen LogP contribution in [0, 0.1) is 0 Å². The van der Waals surface area contributed by atoms with Gasteiger partial charge in [0.05, 0.1) is 0 Å². The van der Waals surface area contributed by atoms with Gasteiger partial charge in [0.25, 0.3) is 0 Å². The molecule has 1 aromatic rings. The van der Waals surface area contributed by atoms with Gasteiger partial charge in [0, 0.05) is 35.2 Å². The molecule has 1 aromatic carbocycles. The van der Waals surface area contributed by atoms with Crippen molar-refractivity contribution in [2.24, 2.45) is 0 Å². The van der Waals surface area contributed by atoms with Gasteiger partial charge in [0.2, 0.25) is 0 Å². The number of benzene rings is 1. The summed E-state index contributed by atoms with van der Waals surface area (Å²) >= 11 is 9.69. The lowest BCUT2D eigenvalue weighted by atomic mass is 10.1. The summed E-state index contributed by atoms with van der Waals surface area (Å²) in [4.78, 5) is 5.24. The molecule has 1 unspecified atom stereocenters. The topological polar surface area (TPSA) is 6.48 Å². The zero-order valence-electron chi connectivity index (χ0n) is 11.8. The number of anilines is 1. The molecule has 1 atom stereocenters. The zero-order valence-corrected chi connectivity index (χ0v) is 14.2. The van der Waals surface area contributed by atoms with Crippen molar-refractivity contribution < 1.29 is 0 Å². The van der Waals surface area contributed by atoms with Crippen LogP contribution in [0.15, 0.2) is 18.2 Å². The minimum absolute atomic E-state index is 0.745. The third-order valence-electron chi connectivity index (χ3n) is 4.60. The van der Waals surface area contributed by atoms with Gasteiger partial charge in [-0.2, -0.15) is 0 Å². The average molecular weight is 358 g/mol. The summed E-state index contributed by atoms with van der Waals surface area (Å²) in [6.07, 6.45) is 5.47. The van der Waals surface area contributed by atoms with Crippen molar-refractivity contribution in [2.45, 2.75) is 37.1 Å². The van der Waals surface area contributed by atoms with E-state index in [1.807, 2.05) is 6.07 Å². The summed E-state index contributed by atoms with van der Waals surface area (Å²) < 4.78 is 0. The first-order valence-corrected chi connectivity index (χ1v) is 9.11. The lowest BCUT2D eigenvalue weighted by Crippen LogP contribution is -2.40. The summed E-state index contributed by atoms with van der Waals surface area (Å²) in [6, 6.07) is 7.02. The minimum atomic E-state index is 0.745. The Balaban J connectivity index is 1.70. The van der Waals surface area contributed by atoms with E-state index in [2.05, 4.69) is 37.9 Å². The fraction of sp³-hybridized carbons (Fsp3) is 0.625. The number of rotatable bonds is 3. The van der Waals surface area contributed by atoms with Crippen molar-refractivity contribution in [3.63, 3.8) is 0 Å². The van der Waals surface area contributed by atoms with Crippen molar-refractivity contribution in [2.75, 3.05) is 31.1 Å². The van der Waals surface area contributed by atoms with Crippen molar-refractivity contribution >= 4 is 33.2 Å². The fourth-order valence-electron chi connectivity index (χ4n) is 3.51. The highest BCUT2D eigenvalue weighted by Gasteiger charge is 2.29. The van der Waals surface area contributed by atoms with Crippen molar-refractivity contribution in [3.8, 4) is 0 Å². The molecule has 0 bridgehead atoms. The van der Waals surface area contributed by atoms with Crippen LogP contribution >= 0.6 is 27.5 Å². The summed E-state index contributed by atoms with van der Waals surface area (Å²) in [7, 11) is 0. The molecule has 0 aliphatic carbocycles. The quantitative estimate of drug-likeness (QED) is 0.744. The van der Waals surface area contributed by atoms with Gasteiger partial charge in [0.15, 0.2) is 0 Å². The maximum atomic E-state index is 6.11. The smallest absolute Gasteiger partial charge is 0.0410 e. The third kappa shape index (κ3) is 3.15. The molecular formula is C16H22BrClN2. The Labute approximate surface area is 135 Å². The molecule has 110 valence electrons. The van der Waals surface area contributed by atoms with Gasteiger partial charge in [-0.1, -0.05) is 34.0 Å². The maximum absolute atomic E-state index is 6.11. The fourth-order valence-corrected chi connectivity index (χ4v) is 4.16. The monoisotopic (exact) mass is 356 g/mol. The zero-order chi connectivity index (χ0) is 13.9. The van der Waals surface area contributed by atoms with Crippen LogP contribution in [-0.4, -0.2) is 37.1 Å². The largest absolute Gasteiger partial charge is 0.370 e. The van der Waals surface area contributed by atoms with Crippen molar-refractivity contribution in [3.05, 3.63) is 28.8 Å². The Bertz CT molecular complexity index is 460. The van der Waals surface area contributed by atoms with E-state index < -0.39 is 0 Å². The molecule has 2 aliphatic rings. The van der Waals surface area contributed by atoms with E-state index in [4.69, 9.17) is 11.6 Å². The van der Waals surface area contributed by atoms with Crippen LogP contribution in [-0.2, 0) is 5.33 Å². The molecule has 0 radical (unpaired) electrons. The number of piperidine rings is 1. The highest BCUT2D eigenvalue weighted by molar-refractivity contribution is 9.08. The van der Waals surface area contributed by atoms with E-state index in [9.17, 15) is 0 Å². The van der Waals surface area contributed by atoms with Crippen LogP contribution in [0.5, 0.6) is 0 Å². The molecule has 0 N–H and O–H groups in total. The van der Waals surface area contributed by atoms with Gasteiger partial charge in [-0.05, 0) is 56.1 Å². The Morgan fingerprint density at radius 3 is 2.70 bits per heavy atom. The van der Waals surface area contributed by atoms with E-state index in [0.717, 1.165) is 16.4 Å². The van der Waals surface area contributed by atoms with Crippen LogP contribution < -0.4 is 4.90 Å². The van der Waals surface area contributed by atoms with Crippen molar-refractivity contribution in [1.29, 1.82) is 0 Å². The summed E-state index contributed by atoms with van der Waals surface area (Å²) in [5.41, 5.74) is 2.66. The predicted molar refractivity (Wildman–Crippen MR) is 90.1 cm³/mol. The Kier molecular flexibility index (Phi) is 4.90. The van der Waals surface area contributed by atoms with Crippen molar-refractivity contribution in [1.82, 2.24) is 4.90 Å². The molecule has 2 saturated heterocycles. The van der Waals surface area contributed by atoms with Crippen LogP contribution in [0.2, 0.25) is 5.02 Å². The SMILES string of the molecule is Clc1ccc(N2CCC(N3CCCCC3)C2)c(CBr)c1. The van der Waals surface area contributed by atoms with E-state index in [1.54, 1.807) is 0 Å².